The summed E-state index contributed by atoms with van der Waals surface area (Å²) in [6, 6.07) is 6.53. The zero-order valence-electron chi connectivity index (χ0n) is 12.6. The van der Waals surface area contributed by atoms with Gasteiger partial charge in [-0.25, -0.2) is 4.79 Å². The number of aromatic hydroxyl groups is 1. The van der Waals surface area contributed by atoms with Crippen molar-refractivity contribution in [2.24, 2.45) is 11.3 Å². The van der Waals surface area contributed by atoms with E-state index < -0.39 is 5.97 Å². The Morgan fingerprint density at radius 2 is 1.75 bits per heavy atom. The van der Waals surface area contributed by atoms with E-state index in [4.69, 9.17) is 4.74 Å². The average Bonchev–Trinajstić information content (AvgIpc) is 2.38. The summed E-state index contributed by atoms with van der Waals surface area (Å²) in [5.74, 6) is 0.269. The normalized spacial score (nSPS) is 23.4. The van der Waals surface area contributed by atoms with Crippen molar-refractivity contribution >= 4 is 5.97 Å². The van der Waals surface area contributed by atoms with Gasteiger partial charge in [-0.05, 0) is 49.1 Å². The number of phenols is 1. The molecule has 20 heavy (non-hydrogen) atoms. The first-order valence-corrected chi connectivity index (χ1v) is 7.37. The van der Waals surface area contributed by atoms with Gasteiger partial charge >= 0.3 is 5.97 Å². The Morgan fingerprint density at radius 3 is 2.30 bits per heavy atom. The number of ether oxygens (including phenoxy) is 1. The third kappa shape index (κ3) is 3.53. The van der Waals surface area contributed by atoms with Crippen molar-refractivity contribution in [3.8, 4) is 5.75 Å². The average molecular weight is 276 g/mol. The largest absolute Gasteiger partial charge is 0.507 e. The molecule has 0 aliphatic heterocycles. The Kier molecular flexibility index (Phi) is 4.36. The van der Waals surface area contributed by atoms with E-state index in [1.165, 1.54) is 6.07 Å². The molecule has 3 nitrogen and oxygen atoms in total. The van der Waals surface area contributed by atoms with Crippen molar-refractivity contribution in [1.29, 1.82) is 0 Å². The van der Waals surface area contributed by atoms with Gasteiger partial charge in [0.05, 0.1) is 0 Å². The summed E-state index contributed by atoms with van der Waals surface area (Å²) in [6.07, 6.45) is 4.02. The van der Waals surface area contributed by atoms with Crippen LogP contribution in [-0.2, 0) is 4.74 Å². The molecule has 0 spiro atoms. The monoisotopic (exact) mass is 276 g/mol. The molecule has 1 aliphatic rings. The van der Waals surface area contributed by atoms with Crippen LogP contribution in [-0.4, -0.2) is 17.2 Å². The lowest BCUT2D eigenvalue weighted by Crippen LogP contribution is -2.30. The highest BCUT2D eigenvalue weighted by molar-refractivity contribution is 5.92. The van der Waals surface area contributed by atoms with E-state index in [0.29, 0.717) is 11.3 Å². The Morgan fingerprint density at radius 1 is 1.15 bits per heavy atom. The molecule has 2 rings (SSSR count). The predicted molar refractivity (Wildman–Crippen MR) is 78.7 cm³/mol. The van der Waals surface area contributed by atoms with Gasteiger partial charge in [0.25, 0.3) is 0 Å². The van der Waals surface area contributed by atoms with Crippen LogP contribution < -0.4 is 0 Å². The highest BCUT2D eigenvalue weighted by Gasteiger charge is 2.31. The highest BCUT2D eigenvalue weighted by atomic mass is 16.5. The summed E-state index contributed by atoms with van der Waals surface area (Å²) >= 11 is 0. The smallest absolute Gasteiger partial charge is 0.342 e. The topological polar surface area (TPSA) is 46.5 Å². The molecule has 0 heterocycles. The van der Waals surface area contributed by atoms with Gasteiger partial charge in [-0.2, -0.15) is 0 Å². The SMILES string of the molecule is CC(C)(C)C1CCC(OC(=O)c2ccccc2O)CC1. The molecule has 110 valence electrons. The summed E-state index contributed by atoms with van der Waals surface area (Å²) in [7, 11) is 0. The van der Waals surface area contributed by atoms with Gasteiger partial charge in [0.1, 0.15) is 17.4 Å². The lowest BCUT2D eigenvalue weighted by atomic mass is 9.72. The van der Waals surface area contributed by atoms with Crippen LogP contribution in [0.5, 0.6) is 5.75 Å². The number of phenolic OH excluding ortho intramolecular Hbond substituents is 1. The second kappa shape index (κ2) is 5.86. The summed E-state index contributed by atoms with van der Waals surface area (Å²) in [5, 5.41) is 9.66. The van der Waals surface area contributed by atoms with Crippen molar-refractivity contribution in [2.45, 2.75) is 52.6 Å². The van der Waals surface area contributed by atoms with Gasteiger partial charge in [-0.15, -0.1) is 0 Å². The van der Waals surface area contributed by atoms with Crippen LogP contribution in [0.25, 0.3) is 0 Å². The quantitative estimate of drug-likeness (QED) is 0.825. The zero-order chi connectivity index (χ0) is 14.8. The van der Waals surface area contributed by atoms with E-state index in [1.807, 2.05) is 0 Å². The molecule has 1 saturated carbocycles. The fourth-order valence-electron chi connectivity index (χ4n) is 2.91. The van der Waals surface area contributed by atoms with Crippen LogP contribution in [0.2, 0.25) is 0 Å². The number of carbonyl (C=O) groups is 1. The number of para-hydroxylation sites is 1. The van der Waals surface area contributed by atoms with Gasteiger partial charge in [-0.1, -0.05) is 32.9 Å². The van der Waals surface area contributed by atoms with E-state index in [2.05, 4.69) is 20.8 Å². The molecular weight excluding hydrogens is 252 g/mol. The van der Waals surface area contributed by atoms with Crippen LogP contribution in [0.1, 0.15) is 56.8 Å². The van der Waals surface area contributed by atoms with Crippen molar-refractivity contribution in [1.82, 2.24) is 0 Å². The van der Waals surface area contributed by atoms with Gasteiger partial charge in [-0.3, -0.25) is 0 Å². The zero-order valence-corrected chi connectivity index (χ0v) is 12.6. The number of hydrogen-bond acceptors (Lipinski definition) is 3. The maximum absolute atomic E-state index is 12.0. The molecular formula is C17H24O3. The Bertz CT molecular complexity index is 465. The van der Waals surface area contributed by atoms with Crippen LogP contribution in [0.4, 0.5) is 0 Å². The number of esters is 1. The fraction of sp³-hybridized carbons (Fsp3) is 0.588. The molecule has 0 amide bonds. The van der Waals surface area contributed by atoms with E-state index in [9.17, 15) is 9.90 Å². The third-order valence-electron chi connectivity index (χ3n) is 4.30. The molecule has 1 aliphatic carbocycles. The molecule has 1 N–H and O–H groups in total. The Hall–Kier alpha value is -1.51. The molecule has 0 saturated heterocycles. The third-order valence-corrected chi connectivity index (χ3v) is 4.30. The molecule has 0 atom stereocenters. The molecule has 1 aromatic carbocycles. The first-order chi connectivity index (χ1) is 9.38. The van der Waals surface area contributed by atoms with E-state index in [1.54, 1.807) is 18.2 Å². The van der Waals surface area contributed by atoms with Gasteiger partial charge < -0.3 is 9.84 Å². The summed E-state index contributed by atoms with van der Waals surface area (Å²) in [5.41, 5.74) is 0.581. The van der Waals surface area contributed by atoms with E-state index >= 15 is 0 Å². The van der Waals surface area contributed by atoms with Crippen molar-refractivity contribution < 1.29 is 14.6 Å². The van der Waals surface area contributed by atoms with Gasteiger partial charge in [0, 0.05) is 0 Å². The fourth-order valence-corrected chi connectivity index (χ4v) is 2.91. The lowest BCUT2D eigenvalue weighted by molar-refractivity contribution is 0.00905. The maximum atomic E-state index is 12.0. The van der Waals surface area contributed by atoms with Crippen LogP contribution in [0.3, 0.4) is 0 Å². The molecule has 0 aromatic heterocycles. The minimum Gasteiger partial charge on any atom is -0.507 e. The van der Waals surface area contributed by atoms with E-state index in [-0.39, 0.29) is 17.4 Å². The van der Waals surface area contributed by atoms with Crippen molar-refractivity contribution in [3.63, 3.8) is 0 Å². The summed E-state index contributed by atoms with van der Waals surface area (Å²) in [6.45, 7) is 6.81. The lowest BCUT2D eigenvalue weighted by Gasteiger charge is -2.36. The van der Waals surface area contributed by atoms with Gasteiger partial charge in [0.2, 0.25) is 0 Å². The minimum absolute atomic E-state index is 0.0131. The Labute approximate surface area is 121 Å². The summed E-state index contributed by atoms with van der Waals surface area (Å²) < 4.78 is 5.52. The molecule has 1 aromatic rings. The standard InChI is InChI=1S/C17H24O3/c1-17(2,3)12-8-10-13(11-9-12)20-16(19)14-6-4-5-7-15(14)18/h4-7,12-13,18H,8-11H2,1-3H3. The second-order valence-electron chi connectivity index (χ2n) is 6.76. The summed E-state index contributed by atoms with van der Waals surface area (Å²) in [4.78, 5) is 12.0. The van der Waals surface area contributed by atoms with Crippen LogP contribution in [0.15, 0.2) is 24.3 Å². The number of benzene rings is 1. The molecule has 0 bridgehead atoms. The number of hydrogen-bond donors (Lipinski definition) is 1. The van der Waals surface area contributed by atoms with Gasteiger partial charge in [0.15, 0.2) is 0 Å². The second-order valence-corrected chi connectivity index (χ2v) is 6.76. The highest BCUT2D eigenvalue weighted by Crippen LogP contribution is 2.38. The first-order valence-electron chi connectivity index (χ1n) is 7.37. The Balaban J connectivity index is 1.90. The van der Waals surface area contributed by atoms with Crippen LogP contribution >= 0.6 is 0 Å². The molecule has 3 heteroatoms. The molecule has 1 fully saturated rings. The number of carbonyl (C=O) groups excluding carboxylic acids is 1. The first kappa shape index (κ1) is 14.9. The molecule has 0 radical (unpaired) electrons. The maximum Gasteiger partial charge on any atom is 0.342 e. The van der Waals surface area contributed by atoms with Crippen LogP contribution in [0, 0.1) is 11.3 Å². The minimum atomic E-state index is -0.415. The predicted octanol–water partition coefficient (Wildman–Crippen LogP) is 4.15. The van der Waals surface area contributed by atoms with Crippen molar-refractivity contribution in [3.05, 3.63) is 29.8 Å². The van der Waals surface area contributed by atoms with Crippen molar-refractivity contribution in [2.75, 3.05) is 0 Å². The van der Waals surface area contributed by atoms with E-state index in [0.717, 1.165) is 25.7 Å². The molecule has 0 unspecified atom stereocenters. The number of rotatable bonds is 2.